The van der Waals surface area contributed by atoms with Gasteiger partial charge in [0, 0.05) is 18.9 Å². The Balaban J connectivity index is 0.00000200. The van der Waals surface area contributed by atoms with Crippen molar-refractivity contribution < 1.29 is 14.3 Å². The summed E-state index contributed by atoms with van der Waals surface area (Å²) in [4.78, 5) is 12.5. The molecule has 0 spiro atoms. The molecule has 20 heavy (non-hydrogen) atoms. The summed E-state index contributed by atoms with van der Waals surface area (Å²) in [6, 6.07) is 5.49. The molecule has 0 bridgehead atoms. The predicted molar refractivity (Wildman–Crippen MR) is 84.8 cm³/mol. The molecule has 0 N–H and O–H groups in total. The van der Waals surface area contributed by atoms with Gasteiger partial charge in [0.2, 0.25) is 0 Å². The maximum atomic E-state index is 12.5. The van der Waals surface area contributed by atoms with Crippen molar-refractivity contribution in [3.8, 4) is 11.5 Å². The van der Waals surface area contributed by atoms with Crippen LogP contribution < -0.4 is 9.47 Å². The van der Waals surface area contributed by atoms with Gasteiger partial charge in [-0.3, -0.25) is 4.79 Å². The van der Waals surface area contributed by atoms with Crippen LogP contribution in [0.3, 0.4) is 0 Å². The molecule has 5 heteroatoms. The molecule has 1 aliphatic carbocycles. The van der Waals surface area contributed by atoms with Gasteiger partial charge < -0.3 is 9.47 Å². The average Bonchev–Trinajstić information content (AvgIpc) is 2.47. The van der Waals surface area contributed by atoms with Crippen molar-refractivity contribution in [2.45, 2.75) is 37.8 Å². The number of benzene rings is 1. The summed E-state index contributed by atoms with van der Waals surface area (Å²) in [6.07, 6.45) is 6.19. The number of carbonyl (C=O) groups is 1. The first-order valence-electron chi connectivity index (χ1n) is 6.78. The molecular weight excluding hydrogens is 266 g/mol. The second kappa shape index (κ2) is 8.73. The number of rotatable bonds is 5. The average molecular weight is 287 g/mol. The minimum Gasteiger partial charge on any atom is -0.496 e. The van der Waals surface area contributed by atoms with Crippen LogP contribution in [0.25, 0.3) is 0 Å². The molecule has 1 atom stereocenters. The van der Waals surface area contributed by atoms with E-state index in [0.717, 1.165) is 0 Å². The van der Waals surface area contributed by atoms with Crippen LogP contribution in [0.1, 0.15) is 42.5 Å². The van der Waals surface area contributed by atoms with Gasteiger partial charge in [-0.1, -0.05) is 25.3 Å². The van der Waals surface area contributed by atoms with Crippen LogP contribution in [-0.2, 0) is 0 Å². The van der Waals surface area contributed by atoms with Crippen LogP contribution in [0.15, 0.2) is 18.2 Å². The van der Waals surface area contributed by atoms with Crippen molar-refractivity contribution in [3.63, 3.8) is 0 Å². The Hall–Kier alpha value is -0.483. The van der Waals surface area contributed by atoms with Crippen molar-refractivity contribution in [1.29, 1.82) is 0 Å². The van der Waals surface area contributed by atoms with E-state index in [2.05, 4.69) is 0 Å². The molecule has 0 aromatic heterocycles. The van der Waals surface area contributed by atoms with Gasteiger partial charge in [-0.25, -0.2) is 0 Å². The fourth-order valence-corrected chi connectivity index (χ4v) is 4.04. The Bertz CT molecular complexity index is 422. The van der Waals surface area contributed by atoms with Crippen molar-refractivity contribution >= 4 is 33.0 Å². The second-order valence-corrected chi connectivity index (χ2v) is 6.41. The summed E-state index contributed by atoms with van der Waals surface area (Å²) in [6.45, 7) is 0. The molecule has 3 nitrogen and oxygen atoms in total. The fourth-order valence-electron chi connectivity index (χ4n) is 2.58. The van der Waals surface area contributed by atoms with E-state index in [1.807, 2.05) is 18.2 Å². The Morgan fingerprint density at radius 1 is 1.10 bits per heavy atom. The third kappa shape index (κ3) is 4.25. The molecule has 0 heterocycles. The standard InChI is InChI=1S/C15H21O3P.Li/c1-17-12-9-6-10-13(18-2)14(12)15(16)19-11-7-4-3-5-8-11;/h6,9-11,19H,3-5,7-8H2,1-2H3;. The number of hydrogen-bond acceptors (Lipinski definition) is 3. The predicted octanol–water partition coefficient (Wildman–Crippen LogP) is 3.47. The second-order valence-electron chi connectivity index (χ2n) is 4.85. The smallest absolute Gasteiger partial charge is 0.188 e. The minimum absolute atomic E-state index is 0. The summed E-state index contributed by atoms with van der Waals surface area (Å²) < 4.78 is 10.6. The molecular formula is C15H21LiO3P. The third-order valence-electron chi connectivity index (χ3n) is 3.60. The summed E-state index contributed by atoms with van der Waals surface area (Å²) in [5.74, 6) is 1.24. The molecule has 1 radical (unpaired) electrons. The Labute approximate surface area is 134 Å². The van der Waals surface area contributed by atoms with Gasteiger partial charge in [-0.15, -0.1) is 0 Å². The van der Waals surface area contributed by atoms with E-state index in [1.165, 1.54) is 32.1 Å². The molecule has 1 fully saturated rings. The van der Waals surface area contributed by atoms with E-state index in [0.29, 0.717) is 31.3 Å². The number of ether oxygens (including phenoxy) is 2. The maximum Gasteiger partial charge on any atom is 0.188 e. The number of carbonyl (C=O) groups excluding carboxylic acids is 1. The van der Waals surface area contributed by atoms with Gasteiger partial charge in [-0.2, -0.15) is 0 Å². The van der Waals surface area contributed by atoms with Gasteiger partial charge in [-0.05, 0) is 39.2 Å². The zero-order chi connectivity index (χ0) is 13.7. The SMILES string of the molecule is COc1cccc(OC)c1C(=O)PC1CCCCC1.[Li]. The van der Waals surface area contributed by atoms with Crippen molar-refractivity contribution in [3.05, 3.63) is 23.8 Å². The molecule has 1 aliphatic rings. The fraction of sp³-hybridized carbons (Fsp3) is 0.533. The largest absolute Gasteiger partial charge is 0.496 e. The van der Waals surface area contributed by atoms with Crippen molar-refractivity contribution in [1.82, 2.24) is 0 Å². The van der Waals surface area contributed by atoms with Crippen LogP contribution in [0.5, 0.6) is 11.5 Å². The molecule has 2 rings (SSSR count). The van der Waals surface area contributed by atoms with Crippen LogP contribution in [0.2, 0.25) is 0 Å². The zero-order valence-electron chi connectivity index (χ0n) is 12.6. The normalized spacial score (nSPS) is 15.9. The first-order valence-corrected chi connectivity index (χ1v) is 7.86. The summed E-state index contributed by atoms with van der Waals surface area (Å²) in [5, 5.41) is 0. The Morgan fingerprint density at radius 2 is 1.65 bits per heavy atom. The first-order chi connectivity index (χ1) is 9.26. The topological polar surface area (TPSA) is 35.5 Å². The Morgan fingerprint density at radius 3 is 2.15 bits per heavy atom. The Kier molecular flexibility index (Phi) is 7.67. The maximum absolute atomic E-state index is 12.5. The van der Waals surface area contributed by atoms with Gasteiger partial charge in [0.25, 0.3) is 0 Å². The van der Waals surface area contributed by atoms with Gasteiger partial charge >= 0.3 is 0 Å². The molecule has 0 saturated heterocycles. The quantitative estimate of drug-likeness (QED) is 0.614. The summed E-state index contributed by atoms with van der Waals surface area (Å²) >= 11 is 0. The van der Waals surface area contributed by atoms with Crippen molar-refractivity contribution in [2.75, 3.05) is 14.2 Å². The molecule has 1 aromatic rings. The molecule has 0 amide bonds. The zero-order valence-corrected chi connectivity index (χ0v) is 13.6. The van der Waals surface area contributed by atoms with E-state index < -0.39 is 0 Å². The van der Waals surface area contributed by atoms with Crippen molar-refractivity contribution in [2.24, 2.45) is 0 Å². The van der Waals surface area contributed by atoms with Crippen LogP contribution in [-0.4, -0.2) is 44.3 Å². The molecule has 1 unspecified atom stereocenters. The molecule has 1 saturated carbocycles. The van der Waals surface area contributed by atoms with Gasteiger partial charge in [0.15, 0.2) is 5.52 Å². The molecule has 1 aromatic carbocycles. The first kappa shape index (κ1) is 17.6. The third-order valence-corrected chi connectivity index (χ3v) is 5.09. The van der Waals surface area contributed by atoms with E-state index in [-0.39, 0.29) is 24.4 Å². The molecule has 0 aliphatic heterocycles. The van der Waals surface area contributed by atoms with Gasteiger partial charge in [0.05, 0.1) is 14.2 Å². The number of methoxy groups -OCH3 is 2. The van der Waals surface area contributed by atoms with Crippen LogP contribution in [0.4, 0.5) is 0 Å². The van der Waals surface area contributed by atoms with E-state index in [4.69, 9.17) is 9.47 Å². The van der Waals surface area contributed by atoms with E-state index in [9.17, 15) is 4.79 Å². The molecule has 105 valence electrons. The van der Waals surface area contributed by atoms with Crippen LogP contribution in [0, 0.1) is 0 Å². The number of hydrogen-bond donors (Lipinski definition) is 0. The van der Waals surface area contributed by atoms with Crippen LogP contribution >= 0.6 is 8.58 Å². The summed E-state index contributed by atoms with van der Waals surface area (Å²) in [5.41, 5.74) is 1.33. The minimum atomic E-state index is 0. The van der Waals surface area contributed by atoms with E-state index >= 15 is 0 Å². The monoisotopic (exact) mass is 287 g/mol. The van der Waals surface area contributed by atoms with Gasteiger partial charge in [0.1, 0.15) is 17.1 Å². The van der Waals surface area contributed by atoms with E-state index in [1.54, 1.807) is 14.2 Å². The summed E-state index contributed by atoms with van der Waals surface area (Å²) in [7, 11) is 3.52.